The summed E-state index contributed by atoms with van der Waals surface area (Å²) in [5, 5.41) is 3.10. The molecule has 0 saturated carbocycles. The molecular formula is C11H18N2O2S. The summed E-state index contributed by atoms with van der Waals surface area (Å²) in [5.41, 5.74) is 1.19. The van der Waals surface area contributed by atoms with Crippen LogP contribution in [0.25, 0.3) is 0 Å². The highest BCUT2D eigenvalue weighted by atomic mass is 32.2. The molecule has 0 bridgehead atoms. The summed E-state index contributed by atoms with van der Waals surface area (Å²) in [6.45, 7) is 0.407. The van der Waals surface area contributed by atoms with Gasteiger partial charge in [0.25, 0.3) is 0 Å². The van der Waals surface area contributed by atoms with Crippen LogP contribution in [0, 0.1) is 0 Å². The number of hydrogen-bond acceptors (Lipinski definition) is 3. The summed E-state index contributed by atoms with van der Waals surface area (Å²) in [5.74, 6) is 0. The Morgan fingerprint density at radius 3 is 2.38 bits per heavy atom. The summed E-state index contributed by atoms with van der Waals surface area (Å²) in [7, 11) is -1.28. The fourth-order valence-corrected chi connectivity index (χ4v) is 1.93. The number of likely N-dealkylation sites (N-methyl/N-ethyl adjacent to an activating group) is 1. The van der Waals surface area contributed by atoms with E-state index in [0.717, 1.165) is 6.42 Å². The lowest BCUT2D eigenvalue weighted by molar-refractivity contribution is 0.532. The van der Waals surface area contributed by atoms with Gasteiger partial charge in [0.15, 0.2) is 0 Å². The van der Waals surface area contributed by atoms with Gasteiger partial charge >= 0.3 is 0 Å². The van der Waals surface area contributed by atoms with Crippen LogP contribution in [0.3, 0.4) is 0 Å². The van der Waals surface area contributed by atoms with Gasteiger partial charge in [-0.25, -0.2) is 13.1 Å². The molecule has 0 unspecified atom stereocenters. The summed E-state index contributed by atoms with van der Waals surface area (Å²) in [4.78, 5) is 0. The average molecular weight is 242 g/mol. The summed E-state index contributed by atoms with van der Waals surface area (Å²) < 4.78 is 24.4. The molecule has 1 rings (SSSR count). The fourth-order valence-electron chi connectivity index (χ4n) is 1.43. The van der Waals surface area contributed by atoms with E-state index in [1.165, 1.54) is 11.8 Å². The molecule has 2 N–H and O–H groups in total. The molecule has 0 spiro atoms. The molecule has 0 aliphatic rings. The smallest absolute Gasteiger partial charge is 0.208 e. The topological polar surface area (TPSA) is 58.2 Å². The zero-order valence-corrected chi connectivity index (χ0v) is 10.4. The minimum atomic E-state index is -3.11. The third-order valence-corrected chi connectivity index (χ3v) is 3.02. The molecule has 16 heavy (non-hydrogen) atoms. The predicted octanol–water partition coefficient (Wildman–Crippen LogP) is 0.366. The predicted molar refractivity (Wildman–Crippen MR) is 65.8 cm³/mol. The van der Waals surface area contributed by atoms with Crippen molar-refractivity contribution in [3.8, 4) is 0 Å². The first-order valence-corrected chi connectivity index (χ1v) is 7.06. The summed E-state index contributed by atoms with van der Waals surface area (Å²) in [6, 6.07) is 10.1. The van der Waals surface area contributed by atoms with Gasteiger partial charge in [0, 0.05) is 12.6 Å². The highest BCUT2D eigenvalue weighted by Gasteiger charge is 2.09. The van der Waals surface area contributed by atoms with Crippen LogP contribution in [0.5, 0.6) is 0 Å². The molecule has 0 heterocycles. The lowest BCUT2D eigenvalue weighted by Crippen LogP contribution is -2.40. The van der Waals surface area contributed by atoms with Crippen molar-refractivity contribution >= 4 is 10.0 Å². The van der Waals surface area contributed by atoms with Crippen LogP contribution in [0.1, 0.15) is 5.56 Å². The Hall–Kier alpha value is -0.910. The quantitative estimate of drug-likeness (QED) is 0.757. The Morgan fingerprint density at radius 1 is 1.25 bits per heavy atom. The minimum Gasteiger partial charge on any atom is -0.315 e. The third kappa shape index (κ3) is 5.25. The van der Waals surface area contributed by atoms with Crippen molar-refractivity contribution in [1.82, 2.24) is 10.0 Å². The van der Waals surface area contributed by atoms with Crippen molar-refractivity contribution < 1.29 is 8.42 Å². The maximum atomic E-state index is 11.0. The molecular weight excluding hydrogens is 224 g/mol. The van der Waals surface area contributed by atoms with E-state index in [-0.39, 0.29) is 6.04 Å². The largest absolute Gasteiger partial charge is 0.315 e. The maximum Gasteiger partial charge on any atom is 0.208 e. The van der Waals surface area contributed by atoms with E-state index in [9.17, 15) is 8.42 Å². The highest BCUT2D eigenvalue weighted by molar-refractivity contribution is 7.88. The van der Waals surface area contributed by atoms with Gasteiger partial charge in [-0.3, -0.25) is 0 Å². The number of hydrogen-bond donors (Lipinski definition) is 2. The lowest BCUT2D eigenvalue weighted by Gasteiger charge is -2.16. The molecule has 1 atom stereocenters. The first kappa shape index (κ1) is 13.2. The van der Waals surface area contributed by atoms with E-state index in [1.54, 1.807) is 0 Å². The monoisotopic (exact) mass is 242 g/mol. The standard InChI is InChI=1S/C11H18N2O2S/c1-12-11(9-13-16(2,14)15)8-10-6-4-3-5-7-10/h3-7,11-13H,8-9H2,1-2H3/t11-/m0/s1. The van der Waals surface area contributed by atoms with Gasteiger partial charge in [-0.15, -0.1) is 0 Å². The average Bonchev–Trinajstić information content (AvgIpc) is 2.24. The molecule has 1 aromatic rings. The van der Waals surface area contributed by atoms with Gasteiger partial charge in [0.1, 0.15) is 0 Å². The van der Waals surface area contributed by atoms with Gasteiger partial charge in [0.2, 0.25) is 10.0 Å². The molecule has 5 heteroatoms. The van der Waals surface area contributed by atoms with Crippen LogP contribution in [0.2, 0.25) is 0 Å². The number of rotatable bonds is 6. The van der Waals surface area contributed by atoms with Gasteiger partial charge in [-0.2, -0.15) is 0 Å². The molecule has 4 nitrogen and oxygen atoms in total. The summed E-state index contributed by atoms with van der Waals surface area (Å²) >= 11 is 0. The molecule has 0 saturated heterocycles. The van der Waals surface area contributed by atoms with Gasteiger partial charge in [-0.1, -0.05) is 30.3 Å². The maximum absolute atomic E-state index is 11.0. The first-order valence-electron chi connectivity index (χ1n) is 5.17. The fraction of sp³-hybridized carbons (Fsp3) is 0.455. The van der Waals surface area contributed by atoms with E-state index in [4.69, 9.17) is 0 Å². The van der Waals surface area contributed by atoms with E-state index in [2.05, 4.69) is 10.0 Å². The van der Waals surface area contributed by atoms with E-state index in [0.29, 0.717) is 6.54 Å². The zero-order chi connectivity index (χ0) is 12.0. The van der Waals surface area contributed by atoms with Crippen molar-refractivity contribution in [2.24, 2.45) is 0 Å². The van der Waals surface area contributed by atoms with Crippen LogP contribution in [-0.2, 0) is 16.4 Å². The Bertz CT molecular complexity index is 403. The van der Waals surface area contributed by atoms with Crippen LogP contribution in [-0.4, -0.2) is 34.3 Å². The van der Waals surface area contributed by atoms with Gasteiger partial charge < -0.3 is 5.32 Å². The SMILES string of the molecule is CN[C@H](CNS(C)(=O)=O)Cc1ccccc1. The highest BCUT2D eigenvalue weighted by Crippen LogP contribution is 2.02. The van der Waals surface area contributed by atoms with Crippen molar-refractivity contribution in [2.75, 3.05) is 19.8 Å². The van der Waals surface area contributed by atoms with Crippen LogP contribution >= 0.6 is 0 Å². The second kappa shape index (κ2) is 5.98. The van der Waals surface area contributed by atoms with Crippen molar-refractivity contribution in [1.29, 1.82) is 0 Å². The van der Waals surface area contributed by atoms with Crippen molar-refractivity contribution in [3.63, 3.8) is 0 Å². The van der Waals surface area contributed by atoms with Crippen molar-refractivity contribution in [3.05, 3.63) is 35.9 Å². The van der Waals surface area contributed by atoms with Gasteiger partial charge in [-0.05, 0) is 19.0 Å². The van der Waals surface area contributed by atoms with Crippen LogP contribution in [0.15, 0.2) is 30.3 Å². The molecule has 0 radical (unpaired) electrons. The Kier molecular flexibility index (Phi) is 4.92. The molecule has 0 aromatic heterocycles. The normalized spacial score (nSPS) is 13.6. The molecule has 90 valence electrons. The van der Waals surface area contributed by atoms with Crippen LogP contribution in [0.4, 0.5) is 0 Å². The van der Waals surface area contributed by atoms with Gasteiger partial charge in [0.05, 0.1) is 6.26 Å². The van der Waals surface area contributed by atoms with E-state index >= 15 is 0 Å². The number of nitrogens with one attached hydrogen (secondary N) is 2. The third-order valence-electron chi connectivity index (χ3n) is 2.33. The lowest BCUT2D eigenvalue weighted by atomic mass is 10.1. The first-order chi connectivity index (χ1) is 7.51. The molecule has 0 amide bonds. The molecule has 1 aromatic carbocycles. The molecule has 0 fully saturated rings. The second-order valence-electron chi connectivity index (χ2n) is 3.80. The van der Waals surface area contributed by atoms with Crippen molar-refractivity contribution in [2.45, 2.75) is 12.5 Å². The van der Waals surface area contributed by atoms with E-state index < -0.39 is 10.0 Å². The minimum absolute atomic E-state index is 0.108. The molecule has 0 aliphatic carbocycles. The number of benzene rings is 1. The Balaban J connectivity index is 2.50. The Labute approximate surface area is 97.1 Å². The number of sulfonamides is 1. The zero-order valence-electron chi connectivity index (χ0n) is 9.60. The second-order valence-corrected chi connectivity index (χ2v) is 5.63. The summed E-state index contributed by atoms with van der Waals surface area (Å²) in [6.07, 6.45) is 1.97. The Morgan fingerprint density at radius 2 is 1.88 bits per heavy atom. The molecule has 0 aliphatic heterocycles. The van der Waals surface area contributed by atoms with E-state index in [1.807, 2.05) is 37.4 Å². The van der Waals surface area contributed by atoms with Crippen LogP contribution < -0.4 is 10.0 Å².